The van der Waals surface area contributed by atoms with Crippen molar-refractivity contribution in [1.82, 2.24) is 4.90 Å². The number of ether oxygens (including phenoxy) is 2. The van der Waals surface area contributed by atoms with Crippen molar-refractivity contribution in [1.29, 1.82) is 0 Å². The summed E-state index contributed by atoms with van der Waals surface area (Å²) < 4.78 is 11.2. The average Bonchev–Trinajstić information content (AvgIpc) is 2.66. The van der Waals surface area contributed by atoms with Crippen molar-refractivity contribution in [2.24, 2.45) is 5.92 Å². The van der Waals surface area contributed by atoms with Gasteiger partial charge in [0.2, 0.25) is 0 Å². The lowest BCUT2D eigenvalue weighted by Gasteiger charge is -2.30. The van der Waals surface area contributed by atoms with E-state index in [-0.39, 0.29) is 5.91 Å². The molecule has 2 rings (SSSR count). The molecule has 0 aliphatic carbocycles. The SMILES string of the molecule is CC[C@](C)(OC)C(=O)Nc1ccc(OCCCN2CCC[C@H](C)C2)cc1. The summed E-state index contributed by atoms with van der Waals surface area (Å²) in [4.78, 5) is 14.8. The molecule has 26 heavy (non-hydrogen) atoms. The van der Waals surface area contributed by atoms with E-state index in [2.05, 4.69) is 17.1 Å². The van der Waals surface area contributed by atoms with E-state index in [0.29, 0.717) is 13.0 Å². The van der Waals surface area contributed by atoms with E-state index in [4.69, 9.17) is 9.47 Å². The molecule has 0 unspecified atom stereocenters. The predicted octanol–water partition coefficient (Wildman–Crippen LogP) is 3.94. The lowest BCUT2D eigenvalue weighted by atomic mass is 10.0. The summed E-state index contributed by atoms with van der Waals surface area (Å²) in [6, 6.07) is 7.53. The third-order valence-corrected chi connectivity index (χ3v) is 5.35. The Hall–Kier alpha value is -1.59. The van der Waals surface area contributed by atoms with Gasteiger partial charge in [-0.2, -0.15) is 0 Å². The first-order chi connectivity index (χ1) is 12.5. The van der Waals surface area contributed by atoms with Gasteiger partial charge in [-0.25, -0.2) is 0 Å². The number of carbonyl (C=O) groups excluding carboxylic acids is 1. The van der Waals surface area contributed by atoms with Crippen LogP contribution in [0.2, 0.25) is 0 Å². The van der Waals surface area contributed by atoms with Crippen molar-refractivity contribution in [2.75, 3.05) is 38.7 Å². The second-order valence-electron chi connectivity index (χ2n) is 7.52. The van der Waals surface area contributed by atoms with Gasteiger partial charge in [0.1, 0.15) is 11.4 Å². The van der Waals surface area contributed by atoms with Crippen LogP contribution < -0.4 is 10.1 Å². The lowest BCUT2D eigenvalue weighted by molar-refractivity contribution is -0.136. The summed E-state index contributed by atoms with van der Waals surface area (Å²) in [5.41, 5.74) is -0.0532. The van der Waals surface area contributed by atoms with Gasteiger partial charge < -0.3 is 19.7 Å². The number of methoxy groups -OCH3 is 1. The molecule has 1 aromatic rings. The normalized spacial score (nSPS) is 20.4. The number of nitrogens with one attached hydrogen (secondary N) is 1. The number of piperidine rings is 1. The smallest absolute Gasteiger partial charge is 0.256 e. The predicted molar refractivity (Wildman–Crippen MR) is 106 cm³/mol. The van der Waals surface area contributed by atoms with Crippen molar-refractivity contribution in [2.45, 2.75) is 52.1 Å². The van der Waals surface area contributed by atoms with Crippen molar-refractivity contribution in [3.8, 4) is 5.75 Å². The summed E-state index contributed by atoms with van der Waals surface area (Å²) in [6.45, 7) is 10.3. The van der Waals surface area contributed by atoms with Gasteiger partial charge in [0.05, 0.1) is 6.61 Å². The van der Waals surface area contributed by atoms with Crippen LogP contribution in [0.5, 0.6) is 5.75 Å². The van der Waals surface area contributed by atoms with E-state index >= 15 is 0 Å². The number of carbonyl (C=O) groups is 1. The molecule has 1 aromatic carbocycles. The number of rotatable bonds is 9. The second-order valence-corrected chi connectivity index (χ2v) is 7.52. The Labute approximate surface area is 158 Å². The highest BCUT2D eigenvalue weighted by molar-refractivity contribution is 5.97. The van der Waals surface area contributed by atoms with Crippen LogP contribution >= 0.6 is 0 Å². The fourth-order valence-corrected chi connectivity index (χ4v) is 3.26. The molecule has 0 aromatic heterocycles. The summed E-state index contributed by atoms with van der Waals surface area (Å²) in [5, 5.41) is 2.90. The maximum atomic E-state index is 12.3. The highest BCUT2D eigenvalue weighted by Gasteiger charge is 2.30. The molecule has 5 nitrogen and oxygen atoms in total. The zero-order chi connectivity index (χ0) is 19.0. The Kier molecular flexibility index (Phi) is 7.91. The first kappa shape index (κ1) is 20.7. The summed E-state index contributed by atoms with van der Waals surface area (Å²) in [6.07, 6.45) is 4.33. The fraction of sp³-hybridized carbons (Fsp3) is 0.667. The van der Waals surface area contributed by atoms with Gasteiger partial charge in [0, 0.05) is 25.9 Å². The van der Waals surface area contributed by atoms with Crippen LogP contribution in [-0.4, -0.2) is 49.8 Å². The van der Waals surface area contributed by atoms with Crippen LogP contribution in [-0.2, 0) is 9.53 Å². The van der Waals surface area contributed by atoms with Crippen LogP contribution in [0.25, 0.3) is 0 Å². The summed E-state index contributed by atoms with van der Waals surface area (Å²) >= 11 is 0. The van der Waals surface area contributed by atoms with Gasteiger partial charge in [-0.3, -0.25) is 4.79 Å². The van der Waals surface area contributed by atoms with Crippen LogP contribution in [0, 0.1) is 5.92 Å². The lowest BCUT2D eigenvalue weighted by Crippen LogP contribution is -2.41. The minimum atomic E-state index is -0.804. The largest absolute Gasteiger partial charge is 0.494 e. The molecule has 1 aliphatic rings. The zero-order valence-electron chi connectivity index (χ0n) is 16.7. The zero-order valence-corrected chi connectivity index (χ0v) is 16.7. The summed E-state index contributed by atoms with van der Waals surface area (Å²) in [5.74, 6) is 1.52. The van der Waals surface area contributed by atoms with Gasteiger partial charge >= 0.3 is 0 Å². The third-order valence-electron chi connectivity index (χ3n) is 5.35. The minimum absolute atomic E-state index is 0.132. The summed E-state index contributed by atoms with van der Waals surface area (Å²) in [7, 11) is 1.56. The Morgan fingerprint density at radius 1 is 1.35 bits per heavy atom. The van der Waals surface area contributed by atoms with Crippen LogP contribution in [0.3, 0.4) is 0 Å². The minimum Gasteiger partial charge on any atom is -0.494 e. The molecule has 0 bridgehead atoms. The molecule has 1 N–H and O–H groups in total. The molecule has 1 heterocycles. The molecule has 1 saturated heterocycles. The average molecular weight is 363 g/mol. The molecule has 1 fully saturated rings. The number of hydrogen-bond donors (Lipinski definition) is 1. The third kappa shape index (κ3) is 5.99. The molecule has 146 valence electrons. The van der Waals surface area contributed by atoms with Crippen molar-refractivity contribution >= 4 is 11.6 Å². The Morgan fingerprint density at radius 3 is 2.69 bits per heavy atom. The number of anilines is 1. The quantitative estimate of drug-likeness (QED) is 0.676. The number of amides is 1. The molecule has 0 radical (unpaired) electrons. The van der Waals surface area contributed by atoms with Crippen LogP contribution in [0.1, 0.15) is 46.5 Å². The molecular weight excluding hydrogens is 328 g/mol. The molecular formula is C21H34N2O3. The van der Waals surface area contributed by atoms with Gasteiger partial charge in [-0.1, -0.05) is 13.8 Å². The topological polar surface area (TPSA) is 50.8 Å². The molecule has 5 heteroatoms. The first-order valence-electron chi connectivity index (χ1n) is 9.78. The van der Waals surface area contributed by atoms with E-state index in [9.17, 15) is 4.79 Å². The van der Waals surface area contributed by atoms with Gasteiger partial charge in [-0.15, -0.1) is 0 Å². The van der Waals surface area contributed by atoms with Crippen molar-refractivity contribution < 1.29 is 14.3 Å². The molecule has 0 saturated carbocycles. The molecule has 1 amide bonds. The van der Waals surface area contributed by atoms with Crippen LogP contribution in [0.4, 0.5) is 5.69 Å². The maximum absolute atomic E-state index is 12.3. The van der Waals surface area contributed by atoms with E-state index in [1.165, 1.54) is 25.9 Å². The number of hydrogen-bond acceptors (Lipinski definition) is 4. The van der Waals surface area contributed by atoms with E-state index in [1.54, 1.807) is 14.0 Å². The Bertz CT molecular complexity index is 555. The standard InChI is InChI=1S/C21H34N2O3/c1-5-21(3,25-4)20(24)22-18-9-11-19(12-10-18)26-15-7-14-23-13-6-8-17(2)16-23/h9-12,17H,5-8,13-16H2,1-4H3,(H,22,24)/t17-,21-/m0/s1. The maximum Gasteiger partial charge on any atom is 0.256 e. The monoisotopic (exact) mass is 362 g/mol. The number of likely N-dealkylation sites (tertiary alicyclic amines) is 1. The Morgan fingerprint density at radius 2 is 2.08 bits per heavy atom. The molecule has 0 spiro atoms. The van der Waals surface area contributed by atoms with E-state index in [1.807, 2.05) is 31.2 Å². The molecule has 1 aliphatic heterocycles. The van der Waals surface area contributed by atoms with E-state index < -0.39 is 5.60 Å². The Balaban J connectivity index is 1.72. The van der Waals surface area contributed by atoms with Gasteiger partial charge in [0.25, 0.3) is 5.91 Å². The fourth-order valence-electron chi connectivity index (χ4n) is 3.26. The second kappa shape index (κ2) is 9.93. The van der Waals surface area contributed by atoms with Crippen molar-refractivity contribution in [3.63, 3.8) is 0 Å². The van der Waals surface area contributed by atoms with Crippen molar-refractivity contribution in [3.05, 3.63) is 24.3 Å². The van der Waals surface area contributed by atoms with Crippen LogP contribution in [0.15, 0.2) is 24.3 Å². The van der Waals surface area contributed by atoms with E-state index in [0.717, 1.165) is 30.3 Å². The first-order valence-corrected chi connectivity index (χ1v) is 9.78. The van der Waals surface area contributed by atoms with Gasteiger partial charge in [-0.05, 0) is 69.3 Å². The highest BCUT2D eigenvalue weighted by atomic mass is 16.5. The highest BCUT2D eigenvalue weighted by Crippen LogP contribution is 2.20. The number of benzene rings is 1. The number of nitrogens with zero attached hydrogens (tertiary/aromatic N) is 1. The molecule has 2 atom stereocenters. The van der Waals surface area contributed by atoms with Gasteiger partial charge in [0.15, 0.2) is 0 Å².